The fourth-order valence-electron chi connectivity index (χ4n) is 2.34. The van der Waals surface area contributed by atoms with Crippen molar-refractivity contribution in [1.82, 2.24) is 0 Å². The molecule has 0 aliphatic carbocycles. The van der Waals surface area contributed by atoms with Crippen molar-refractivity contribution < 1.29 is 9.59 Å². The molecular weight excluding hydrogens is 435 g/mol. The van der Waals surface area contributed by atoms with Crippen molar-refractivity contribution in [2.45, 2.75) is 0 Å². The van der Waals surface area contributed by atoms with Gasteiger partial charge in [0.2, 0.25) is 0 Å². The van der Waals surface area contributed by atoms with E-state index in [1.54, 1.807) is 60.7 Å². The normalized spacial score (nSPS) is 10.2. The van der Waals surface area contributed by atoms with Gasteiger partial charge in [0.25, 0.3) is 0 Å². The van der Waals surface area contributed by atoms with Crippen LogP contribution in [0.1, 0.15) is 0 Å². The van der Waals surface area contributed by atoms with E-state index in [-0.39, 0.29) is 5.02 Å². The zero-order valence-corrected chi connectivity index (χ0v) is 17.1. The molecule has 0 spiro atoms. The largest absolute Gasteiger partial charge is 0.323 e. The van der Waals surface area contributed by atoms with Crippen LogP contribution in [0.2, 0.25) is 15.1 Å². The van der Waals surface area contributed by atoms with Crippen molar-refractivity contribution in [3.63, 3.8) is 0 Å². The summed E-state index contributed by atoms with van der Waals surface area (Å²) in [5.74, 6) is 0. The quantitative estimate of drug-likeness (QED) is 0.348. The molecule has 3 aromatic carbocycles. The summed E-state index contributed by atoms with van der Waals surface area (Å²) in [6.07, 6.45) is 0. The van der Waals surface area contributed by atoms with Crippen LogP contribution in [0.15, 0.2) is 66.7 Å². The van der Waals surface area contributed by atoms with E-state index >= 15 is 0 Å². The first-order valence-electron chi connectivity index (χ1n) is 8.36. The number of hydrogen-bond donors (Lipinski definition) is 4. The third kappa shape index (κ3) is 6.29. The first-order chi connectivity index (χ1) is 13.9. The van der Waals surface area contributed by atoms with Gasteiger partial charge in [-0.25, -0.2) is 9.59 Å². The summed E-state index contributed by atoms with van der Waals surface area (Å²) in [6.45, 7) is 0. The molecule has 0 aromatic heterocycles. The number of urea groups is 2. The minimum Gasteiger partial charge on any atom is -0.308 e. The smallest absolute Gasteiger partial charge is 0.308 e. The summed E-state index contributed by atoms with van der Waals surface area (Å²) in [5.41, 5.74) is 2.03. The highest BCUT2D eigenvalue weighted by Gasteiger charge is 2.09. The number of anilines is 4. The molecule has 3 rings (SSSR count). The van der Waals surface area contributed by atoms with Crippen molar-refractivity contribution in [2.24, 2.45) is 0 Å². The summed E-state index contributed by atoms with van der Waals surface area (Å²) in [4.78, 5) is 24.2. The average Bonchev–Trinajstić information content (AvgIpc) is 2.67. The lowest BCUT2D eigenvalue weighted by Gasteiger charge is -2.12. The highest BCUT2D eigenvalue weighted by atomic mass is 35.5. The van der Waals surface area contributed by atoms with E-state index in [1.165, 1.54) is 6.07 Å². The number of nitrogens with one attached hydrogen (secondary N) is 4. The molecule has 9 heteroatoms. The molecule has 148 valence electrons. The number of hydrogen-bond acceptors (Lipinski definition) is 2. The summed E-state index contributed by atoms with van der Waals surface area (Å²) in [6, 6.07) is 17.2. The molecule has 0 aliphatic rings. The van der Waals surface area contributed by atoms with Crippen LogP contribution in [0.5, 0.6) is 0 Å². The Balaban J connectivity index is 1.57. The highest BCUT2D eigenvalue weighted by molar-refractivity contribution is 6.34. The lowest BCUT2D eigenvalue weighted by atomic mass is 10.2. The SMILES string of the molecule is O=C(Nc1ccc(Cl)cc1)Nc1ccc(NC(=O)Nc2ccc(Cl)cc2)c(Cl)c1. The predicted molar refractivity (Wildman–Crippen MR) is 120 cm³/mol. The maximum absolute atomic E-state index is 12.1. The minimum absolute atomic E-state index is 0.264. The monoisotopic (exact) mass is 448 g/mol. The Hall–Kier alpha value is -2.93. The van der Waals surface area contributed by atoms with Crippen molar-refractivity contribution in [3.8, 4) is 0 Å². The van der Waals surface area contributed by atoms with Crippen LogP contribution in [-0.2, 0) is 0 Å². The molecule has 0 fully saturated rings. The number of benzene rings is 3. The van der Waals surface area contributed by atoms with E-state index in [2.05, 4.69) is 21.3 Å². The van der Waals surface area contributed by atoms with Gasteiger partial charge >= 0.3 is 12.1 Å². The van der Waals surface area contributed by atoms with E-state index in [9.17, 15) is 9.59 Å². The maximum Gasteiger partial charge on any atom is 0.323 e. The first kappa shape index (κ1) is 20.8. The molecule has 0 heterocycles. The third-order valence-electron chi connectivity index (χ3n) is 3.68. The summed E-state index contributed by atoms with van der Waals surface area (Å²) in [5, 5.41) is 12.1. The van der Waals surface area contributed by atoms with Gasteiger partial charge in [0.1, 0.15) is 0 Å². The zero-order valence-electron chi connectivity index (χ0n) is 14.8. The number of halogens is 3. The molecule has 0 radical (unpaired) electrons. The van der Waals surface area contributed by atoms with Gasteiger partial charge in [0, 0.05) is 27.1 Å². The van der Waals surface area contributed by atoms with E-state index in [0.717, 1.165) is 0 Å². The minimum atomic E-state index is -0.463. The summed E-state index contributed by atoms with van der Waals surface area (Å²) in [7, 11) is 0. The van der Waals surface area contributed by atoms with Crippen LogP contribution in [0.3, 0.4) is 0 Å². The van der Waals surface area contributed by atoms with Crippen LogP contribution in [0, 0.1) is 0 Å². The Morgan fingerprint density at radius 1 is 0.552 bits per heavy atom. The van der Waals surface area contributed by atoms with Crippen molar-refractivity contribution >= 4 is 69.6 Å². The predicted octanol–water partition coefficient (Wildman–Crippen LogP) is 6.93. The molecule has 0 bridgehead atoms. The average molecular weight is 450 g/mol. The Morgan fingerprint density at radius 3 is 1.45 bits per heavy atom. The van der Waals surface area contributed by atoms with E-state index in [4.69, 9.17) is 34.8 Å². The van der Waals surface area contributed by atoms with Crippen molar-refractivity contribution in [3.05, 3.63) is 81.8 Å². The number of amides is 4. The van der Waals surface area contributed by atoms with Gasteiger partial charge in [-0.05, 0) is 66.7 Å². The molecule has 4 amide bonds. The molecule has 0 aliphatic heterocycles. The van der Waals surface area contributed by atoms with Gasteiger partial charge < -0.3 is 21.3 Å². The Kier molecular flexibility index (Phi) is 6.82. The number of carbonyl (C=O) groups excluding carboxylic acids is 2. The van der Waals surface area contributed by atoms with Gasteiger partial charge in [-0.15, -0.1) is 0 Å². The van der Waals surface area contributed by atoms with E-state index in [1.807, 2.05) is 0 Å². The first-order valence-corrected chi connectivity index (χ1v) is 9.49. The zero-order chi connectivity index (χ0) is 20.8. The Morgan fingerprint density at radius 2 is 0.966 bits per heavy atom. The topological polar surface area (TPSA) is 82.3 Å². The van der Waals surface area contributed by atoms with Crippen molar-refractivity contribution in [2.75, 3.05) is 21.3 Å². The molecule has 4 N–H and O–H groups in total. The van der Waals surface area contributed by atoms with Gasteiger partial charge in [0.05, 0.1) is 10.7 Å². The lowest BCUT2D eigenvalue weighted by molar-refractivity contribution is 0.261. The summed E-state index contributed by atoms with van der Waals surface area (Å²) < 4.78 is 0. The molecule has 29 heavy (non-hydrogen) atoms. The van der Waals surface area contributed by atoms with Crippen LogP contribution in [-0.4, -0.2) is 12.1 Å². The fourth-order valence-corrected chi connectivity index (χ4v) is 2.82. The standard InChI is InChI=1S/C20H15Cl3N4O2/c21-12-1-5-14(6-2-12)24-19(28)26-16-9-10-18(17(23)11-16)27-20(29)25-15-7-3-13(22)4-8-15/h1-11H,(H2,24,26,28)(H2,25,27,29). The number of rotatable bonds is 4. The molecule has 6 nitrogen and oxygen atoms in total. The Bertz CT molecular complexity index is 1020. The van der Waals surface area contributed by atoms with Gasteiger partial charge in [-0.1, -0.05) is 34.8 Å². The molecular formula is C20H15Cl3N4O2. The molecule has 3 aromatic rings. The maximum atomic E-state index is 12.1. The second kappa shape index (κ2) is 9.52. The van der Waals surface area contributed by atoms with Gasteiger partial charge in [0.15, 0.2) is 0 Å². The third-order valence-corrected chi connectivity index (χ3v) is 4.50. The van der Waals surface area contributed by atoms with Crippen molar-refractivity contribution in [1.29, 1.82) is 0 Å². The molecule has 0 atom stereocenters. The second-order valence-corrected chi connectivity index (χ2v) is 7.15. The van der Waals surface area contributed by atoms with Crippen LogP contribution >= 0.6 is 34.8 Å². The lowest BCUT2D eigenvalue weighted by Crippen LogP contribution is -2.20. The molecule has 0 unspecified atom stereocenters. The Labute approximate surface area is 182 Å². The van der Waals surface area contributed by atoms with Crippen LogP contribution in [0.4, 0.5) is 32.3 Å². The van der Waals surface area contributed by atoms with Gasteiger partial charge in [-0.3, -0.25) is 0 Å². The van der Waals surface area contributed by atoms with Gasteiger partial charge in [-0.2, -0.15) is 0 Å². The second-order valence-electron chi connectivity index (χ2n) is 5.87. The van der Waals surface area contributed by atoms with E-state index in [0.29, 0.717) is 32.8 Å². The summed E-state index contributed by atoms with van der Waals surface area (Å²) >= 11 is 17.8. The number of carbonyl (C=O) groups is 2. The molecule has 0 saturated heterocycles. The highest BCUT2D eigenvalue weighted by Crippen LogP contribution is 2.26. The molecule has 0 saturated carbocycles. The van der Waals surface area contributed by atoms with E-state index < -0.39 is 12.1 Å². The van der Waals surface area contributed by atoms with Crippen LogP contribution < -0.4 is 21.3 Å². The fraction of sp³-hybridized carbons (Fsp3) is 0. The van der Waals surface area contributed by atoms with Crippen LogP contribution in [0.25, 0.3) is 0 Å².